The fourth-order valence-electron chi connectivity index (χ4n) is 1.95. The molecule has 1 atom stereocenters. The summed E-state index contributed by atoms with van der Waals surface area (Å²) in [6.45, 7) is 5.68. The summed E-state index contributed by atoms with van der Waals surface area (Å²) >= 11 is 7.07. The third kappa shape index (κ3) is 2.78. The van der Waals surface area contributed by atoms with Gasteiger partial charge >= 0.3 is 5.97 Å². The lowest BCUT2D eigenvalue weighted by Gasteiger charge is -2.12. The Balaban J connectivity index is 2.20. The van der Waals surface area contributed by atoms with Crippen molar-refractivity contribution in [3.8, 4) is 0 Å². The number of thiazole rings is 1. The number of hydrogen-bond donors (Lipinski definition) is 1. The second kappa shape index (κ2) is 5.80. The van der Waals surface area contributed by atoms with Crippen LogP contribution in [0.2, 0.25) is 5.15 Å². The number of aryl methyl sites for hydroxylation is 2. The van der Waals surface area contributed by atoms with Crippen LogP contribution in [0.3, 0.4) is 0 Å². The molecule has 1 unspecified atom stereocenters. The van der Waals surface area contributed by atoms with Gasteiger partial charge in [0.2, 0.25) is 0 Å². The zero-order valence-corrected chi connectivity index (χ0v) is 13.1. The molecular formula is C12H14ClN3O3S. The quantitative estimate of drug-likeness (QED) is 0.872. The van der Waals surface area contributed by atoms with Crippen molar-refractivity contribution in [1.29, 1.82) is 0 Å². The van der Waals surface area contributed by atoms with E-state index in [4.69, 9.17) is 16.1 Å². The summed E-state index contributed by atoms with van der Waals surface area (Å²) in [7, 11) is 1.30. The lowest BCUT2D eigenvalue weighted by Crippen LogP contribution is -2.08. The van der Waals surface area contributed by atoms with Crippen molar-refractivity contribution in [1.82, 2.24) is 10.1 Å². The number of rotatable bonds is 4. The molecule has 2 rings (SSSR count). The number of ether oxygens (including phenoxy) is 1. The van der Waals surface area contributed by atoms with E-state index < -0.39 is 5.97 Å². The maximum atomic E-state index is 11.5. The van der Waals surface area contributed by atoms with E-state index in [0.29, 0.717) is 5.13 Å². The first-order chi connectivity index (χ1) is 9.43. The molecule has 0 saturated heterocycles. The maximum Gasteiger partial charge on any atom is 0.351 e. The van der Waals surface area contributed by atoms with Gasteiger partial charge in [0.25, 0.3) is 0 Å². The van der Waals surface area contributed by atoms with Crippen molar-refractivity contribution in [2.24, 2.45) is 0 Å². The van der Waals surface area contributed by atoms with Gasteiger partial charge in [0.1, 0.15) is 5.76 Å². The van der Waals surface area contributed by atoms with E-state index >= 15 is 0 Å². The molecule has 0 radical (unpaired) electrons. The number of methoxy groups -OCH3 is 1. The van der Waals surface area contributed by atoms with Crippen LogP contribution in [-0.4, -0.2) is 23.2 Å². The molecule has 20 heavy (non-hydrogen) atoms. The van der Waals surface area contributed by atoms with Gasteiger partial charge in [-0.1, -0.05) is 28.1 Å². The van der Waals surface area contributed by atoms with Crippen LogP contribution in [0.15, 0.2) is 4.52 Å². The van der Waals surface area contributed by atoms with Crippen LogP contribution in [0, 0.1) is 13.8 Å². The number of halogens is 1. The van der Waals surface area contributed by atoms with E-state index in [1.807, 2.05) is 20.8 Å². The van der Waals surface area contributed by atoms with Crippen LogP contribution in [-0.2, 0) is 4.74 Å². The Kier molecular flexibility index (Phi) is 4.29. The molecule has 108 valence electrons. The van der Waals surface area contributed by atoms with E-state index in [1.54, 1.807) is 0 Å². The molecule has 6 nitrogen and oxygen atoms in total. The second-order valence-electron chi connectivity index (χ2n) is 4.23. The third-order valence-corrected chi connectivity index (χ3v) is 4.17. The van der Waals surface area contributed by atoms with Crippen LogP contribution < -0.4 is 5.32 Å². The summed E-state index contributed by atoms with van der Waals surface area (Å²) in [6.07, 6.45) is 0. The largest absolute Gasteiger partial charge is 0.465 e. The third-order valence-electron chi connectivity index (χ3n) is 2.82. The summed E-state index contributed by atoms with van der Waals surface area (Å²) in [4.78, 5) is 15.9. The molecule has 0 saturated carbocycles. The fraction of sp³-hybridized carbons (Fsp3) is 0.417. The predicted molar refractivity (Wildman–Crippen MR) is 76.5 cm³/mol. The van der Waals surface area contributed by atoms with Gasteiger partial charge in [-0.25, -0.2) is 9.78 Å². The van der Waals surface area contributed by atoms with Gasteiger partial charge in [0, 0.05) is 5.56 Å². The SMILES string of the molecule is COC(=O)c1sc(NC(C)c2c(C)noc2C)nc1Cl. The van der Waals surface area contributed by atoms with E-state index in [9.17, 15) is 4.79 Å². The Morgan fingerprint density at radius 1 is 1.50 bits per heavy atom. The highest BCUT2D eigenvalue weighted by Crippen LogP contribution is 2.31. The average Bonchev–Trinajstić information content (AvgIpc) is 2.91. The maximum absolute atomic E-state index is 11.5. The Morgan fingerprint density at radius 2 is 2.20 bits per heavy atom. The van der Waals surface area contributed by atoms with E-state index in [-0.39, 0.29) is 16.1 Å². The van der Waals surface area contributed by atoms with Crippen LogP contribution in [0.1, 0.15) is 39.7 Å². The average molecular weight is 316 g/mol. The number of nitrogens with one attached hydrogen (secondary N) is 1. The standard InChI is InChI=1S/C12H14ClN3O3S/c1-5(8-6(2)16-19-7(8)3)14-12-15-10(13)9(20-12)11(17)18-4/h5H,1-4H3,(H,14,15). The molecule has 0 spiro atoms. The van der Waals surface area contributed by atoms with Crippen LogP contribution in [0.5, 0.6) is 0 Å². The Bertz CT molecular complexity index is 618. The van der Waals surface area contributed by atoms with Crippen molar-refractivity contribution >= 4 is 34.0 Å². The summed E-state index contributed by atoms with van der Waals surface area (Å²) in [5, 5.41) is 7.77. The van der Waals surface area contributed by atoms with Crippen LogP contribution in [0.4, 0.5) is 5.13 Å². The van der Waals surface area contributed by atoms with Crippen molar-refractivity contribution in [3.63, 3.8) is 0 Å². The smallest absolute Gasteiger partial charge is 0.351 e. The number of carbonyl (C=O) groups is 1. The molecular weight excluding hydrogens is 302 g/mol. The molecule has 0 aliphatic rings. The van der Waals surface area contributed by atoms with Gasteiger partial charge in [-0.2, -0.15) is 0 Å². The minimum atomic E-state index is -0.495. The van der Waals surface area contributed by atoms with E-state index in [2.05, 4.69) is 20.2 Å². The summed E-state index contributed by atoms with van der Waals surface area (Å²) < 4.78 is 9.77. The van der Waals surface area contributed by atoms with Crippen LogP contribution >= 0.6 is 22.9 Å². The molecule has 2 aromatic rings. The van der Waals surface area contributed by atoms with Gasteiger partial charge in [-0.05, 0) is 20.8 Å². The highest BCUT2D eigenvalue weighted by Gasteiger charge is 2.21. The minimum Gasteiger partial charge on any atom is -0.465 e. The number of nitrogens with zero attached hydrogens (tertiary/aromatic N) is 2. The van der Waals surface area contributed by atoms with Gasteiger partial charge in [0.05, 0.1) is 18.8 Å². The monoisotopic (exact) mass is 315 g/mol. The molecule has 2 heterocycles. The molecule has 0 aliphatic heterocycles. The summed E-state index contributed by atoms with van der Waals surface area (Å²) in [5.74, 6) is 0.254. The molecule has 0 bridgehead atoms. The molecule has 2 aromatic heterocycles. The molecule has 8 heteroatoms. The number of hydrogen-bond acceptors (Lipinski definition) is 7. The first-order valence-electron chi connectivity index (χ1n) is 5.88. The number of aromatic nitrogens is 2. The fourth-order valence-corrected chi connectivity index (χ4v) is 3.14. The minimum absolute atomic E-state index is 0.0611. The first-order valence-corrected chi connectivity index (χ1v) is 7.07. The predicted octanol–water partition coefficient (Wildman–Crippen LogP) is 3.36. The lowest BCUT2D eigenvalue weighted by atomic mass is 10.1. The van der Waals surface area contributed by atoms with Crippen molar-refractivity contribution in [2.45, 2.75) is 26.8 Å². The Labute approximate surface area is 125 Å². The van der Waals surface area contributed by atoms with Gasteiger partial charge in [-0.3, -0.25) is 0 Å². The summed E-state index contributed by atoms with van der Waals surface area (Å²) in [5.41, 5.74) is 1.79. The Morgan fingerprint density at radius 3 is 2.75 bits per heavy atom. The second-order valence-corrected chi connectivity index (χ2v) is 5.59. The zero-order chi connectivity index (χ0) is 14.9. The Hall–Kier alpha value is -1.60. The molecule has 0 amide bonds. The van der Waals surface area contributed by atoms with Crippen molar-refractivity contribution in [2.75, 3.05) is 12.4 Å². The number of anilines is 1. The van der Waals surface area contributed by atoms with Crippen molar-refractivity contribution in [3.05, 3.63) is 27.0 Å². The summed E-state index contributed by atoms with van der Waals surface area (Å²) in [6, 6.07) is -0.0611. The van der Waals surface area contributed by atoms with E-state index in [0.717, 1.165) is 28.4 Å². The lowest BCUT2D eigenvalue weighted by molar-refractivity contribution is 0.0606. The van der Waals surface area contributed by atoms with Crippen LogP contribution in [0.25, 0.3) is 0 Å². The molecule has 1 N–H and O–H groups in total. The first kappa shape index (κ1) is 14.8. The molecule has 0 aromatic carbocycles. The normalized spacial score (nSPS) is 12.2. The molecule has 0 fully saturated rings. The number of esters is 1. The number of carbonyl (C=O) groups excluding carboxylic acids is 1. The van der Waals surface area contributed by atoms with Gasteiger partial charge in [-0.15, -0.1) is 0 Å². The molecule has 0 aliphatic carbocycles. The highest BCUT2D eigenvalue weighted by molar-refractivity contribution is 7.18. The topological polar surface area (TPSA) is 77.2 Å². The zero-order valence-electron chi connectivity index (χ0n) is 11.5. The van der Waals surface area contributed by atoms with Gasteiger partial charge in [0.15, 0.2) is 15.2 Å². The highest BCUT2D eigenvalue weighted by atomic mass is 35.5. The van der Waals surface area contributed by atoms with E-state index in [1.165, 1.54) is 7.11 Å². The van der Waals surface area contributed by atoms with Gasteiger partial charge < -0.3 is 14.6 Å². The van der Waals surface area contributed by atoms with Crippen molar-refractivity contribution < 1.29 is 14.1 Å².